The number of aromatic nitrogens is 5. The number of hydrogen-bond donors (Lipinski definition) is 1. The van der Waals surface area contributed by atoms with Crippen LogP contribution in [0.5, 0.6) is 0 Å². The first kappa shape index (κ1) is 11.4. The molecule has 0 aromatic carbocycles. The van der Waals surface area contributed by atoms with E-state index in [9.17, 15) is 0 Å². The summed E-state index contributed by atoms with van der Waals surface area (Å²) in [7, 11) is 0. The number of nitrogens with zero attached hydrogens (tertiary/aromatic N) is 5. The molecule has 18 heavy (non-hydrogen) atoms. The van der Waals surface area contributed by atoms with Crippen molar-refractivity contribution in [1.29, 1.82) is 0 Å². The van der Waals surface area contributed by atoms with Gasteiger partial charge in [0.15, 0.2) is 5.65 Å². The van der Waals surface area contributed by atoms with Gasteiger partial charge in [-0.1, -0.05) is 26.7 Å². The lowest BCUT2D eigenvalue weighted by molar-refractivity contribution is 0.216. The van der Waals surface area contributed by atoms with Crippen LogP contribution in [0, 0.1) is 5.41 Å². The Morgan fingerprint density at radius 1 is 1.33 bits per heavy atom. The minimum absolute atomic E-state index is 0.315. The van der Waals surface area contributed by atoms with E-state index < -0.39 is 0 Å². The zero-order chi connectivity index (χ0) is 12.6. The fourth-order valence-corrected chi connectivity index (χ4v) is 2.67. The molecule has 0 saturated heterocycles. The van der Waals surface area contributed by atoms with Crippen LogP contribution in [-0.2, 0) is 0 Å². The van der Waals surface area contributed by atoms with E-state index >= 15 is 0 Å². The van der Waals surface area contributed by atoms with E-state index in [4.69, 9.17) is 0 Å². The molecule has 96 valence electrons. The summed E-state index contributed by atoms with van der Waals surface area (Å²) in [5, 5.41) is 19.1. The topological polar surface area (TPSA) is 68.0 Å². The number of tetrazole rings is 1. The summed E-state index contributed by atoms with van der Waals surface area (Å²) < 4.78 is 1.46. The predicted octanol–water partition coefficient (Wildman–Crippen LogP) is 1.90. The molecule has 1 atom stereocenters. The summed E-state index contributed by atoms with van der Waals surface area (Å²) in [4.78, 5) is 0. The van der Waals surface area contributed by atoms with Crippen molar-refractivity contribution in [2.45, 2.75) is 45.6 Å². The zero-order valence-corrected chi connectivity index (χ0v) is 10.8. The molecule has 2 aromatic rings. The summed E-state index contributed by atoms with van der Waals surface area (Å²) in [6.45, 7) is 4.64. The Kier molecular flexibility index (Phi) is 2.65. The normalized spacial score (nSPS) is 23.1. The van der Waals surface area contributed by atoms with Gasteiger partial charge < -0.3 is 5.32 Å². The molecule has 0 bridgehead atoms. The molecule has 0 aliphatic heterocycles. The SMILES string of the molecule is CC1(C)CCCCC1Nc1ccc2nnnn2n1. The van der Waals surface area contributed by atoms with Crippen LogP contribution < -0.4 is 5.32 Å². The van der Waals surface area contributed by atoms with Gasteiger partial charge >= 0.3 is 0 Å². The van der Waals surface area contributed by atoms with Crippen molar-refractivity contribution in [3.63, 3.8) is 0 Å². The van der Waals surface area contributed by atoms with Crippen molar-refractivity contribution in [3.05, 3.63) is 12.1 Å². The third-order valence-electron chi connectivity index (χ3n) is 3.90. The molecule has 0 radical (unpaired) electrons. The molecule has 0 amide bonds. The number of fused-ring (bicyclic) bond motifs is 1. The fourth-order valence-electron chi connectivity index (χ4n) is 2.67. The van der Waals surface area contributed by atoms with Crippen molar-refractivity contribution < 1.29 is 0 Å². The Balaban J connectivity index is 1.82. The Hall–Kier alpha value is -1.72. The highest BCUT2D eigenvalue weighted by Gasteiger charge is 2.32. The summed E-state index contributed by atoms with van der Waals surface area (Å²) in [6.07, 6.45) is 5.07. The number of anilines is 1. The lowest BCUT2D eigenvalue weighted by Gasteiger charge is -2.39. The van der Waals surface area contributed by atoms with E-state index in [2.05, 4.69) is 39.8 Å². The maximum absolute atomic E-state index is 4.36. The maximum Gasteiger partial charge on any atom is 0.200 e. The van der Waals surface area contributed by atoms with Crippen LogP contribution in [-0.4, -0.2) is 31.3 Å². The standard InChI is InChI=1S/C12H18N6/c1-12(2)8-4-3-5-9(12)13-10-6-7-11-14-16-17-18(11)15-10/h6-7,9H,3-5,8H2,1-2H3,(H,13,15). The van der Waals surface area contributed by atoms with Crippen LogP contribution in [0.25, 0.3) is 5.65 Å². The molecule has 1 fully saturated rings. The molecule has 6 heteroatoms. The second kappa shape index (κ2) is 4.19. The summed E-state index contributed by atoms with van der Waals surface area (Å²) in [5.41, 5.74) is 0.985. The summed E-state index contributed by atoms with van der Waals surface area (Å²) in [5.74, 6) is 0.842. The lowest BCUT2D eigenvalue weighted by atomic mass is 9.73. The van der Waals surface area contributed by atoms with E-state index in [1.807, 2.05) is 12.1 Å². The van der Waals surface area contributed by atoms with Gasteiger partial charge in [-0.15, -0.1) is 14.8 Å². The monoisotopic (exact) mass is 246 g/mol. The van der Waals surface area contributed by atoms with Gasteiger partial charge in [0, 0.05) is 6.04 Å². The van der Waals surface area contributed by atoms with Crippen molar-refractivity contribution in [2.24, 2.45) is 5.41 Å². The van der Waals surface area contributed by atoms with Crippen molar-refractivity contribution >= 4 is 11.5 Å². The molecular formula is C12H18N6. The average molecular weight is 246 g/mol. The van der Waals surface area contributed by atoms with E-state index in [0.29, 0.717) is 17.1 Å². The molecular weight excluding hydrogens is 228 g/mol. The van der Waals surface area contributed by atoms with E-state index in [-0.39, 0.29) is 0 Å². The van der Waals surface area contributed by atoms with Gasteiger partial charge in [-0.3, -0.25) is 0 Å². The number of nitrogens with one attached hydrogen (secondary N) is 1. The van der Waals surface area contributed by atoms with Gasteiger partial charge in [0.25, 0.3) is 0 Å². The van der Waals surface area contributed by atoms with Gasteiger partial charge in [0.2, 0.25) is 0 Å². The first-order valence-electron chi connectivity index (χ1n) is 6.47. The van der Waals surface area contributed by atoms with E-state index in [0.717, 1.165) is 5.82 Å². The van der Waals surface area contributed by atoms with Crippen molar-refractivity contribution in [1.82, 2.24) is 25.3 Å². The van der Waals surface area contributed by atoms with Crippen LogP contribution in [0.2, 0.25) is 0 Å². The van der Waals surface area contributed by atoms with Gasteiger partial charge in [-0.2, -0.15) is 0 Å². The highest BCUT2D eigenvalue weighted by Crippen LogP contribution is 2.36. The van der Waals surface area contributed by atoms with E-state index in [1.165, 1.54) is 30.3 Å². The zero-order valence-electron chi connectivity index (χ0n) is 10.8. The first-order valence-corrected chi connectivity index (χ1v) is 6.47. The Morgan fingerprint density at radius 3 is 3.06 bits per heavy atom. The molecule has 1 unspecified atom stereocenters. The van der Waals surface area contributed by atoms with Crippen molar-refractivity contribution in [3.8, 4) is 0 Å². The minimum Gasteiger partial charge on any atom is -0.365 e. The number of hydrogen-bond acceptors (Lipinski definition) is 5. The highest BCUT2D eigenvalue weighted by atomic mass is 15.6. The highest BCUT2D eigenvalue weighted by molar-refractivity contribution is 5.43. The fraction of sp³-hybridized carbons (Fsp3) is 0.667. The van der Waals surface area contributed by atoms with Gasteiger partial charge in [-0.25, -0.2) is 0 Å². The van der Waals surface area contributed by atoms with Gasteiger partial charge in [0.05, 0.1) is 0 Å². The maximum atomic E-state index is 4.36. The molecule has 2 aromatic heterocycles. The molecule has 0 spiro atoms. The van der Waals surface area contributed by atoms with Gasteiger partial charge in [0.1, 0.15) is 5.82 Å². The Labute approximate surface area is 106 Å². The quantitative estimate of drug-likeness (QED) is 0.876. The predicted molar refractivity (Wildman–Crippen MR) is 68.2 cm³/mol. The molecule has 2 heterocycles. The van der Waals surface area contributed by atoms with Crippen LogP contribution in [0.3, 0.4) is 0 Å². The smallest absolute Gasteiger partial charge is 0.200 e. The molecule has 6 nitrogen and oxygen atoms in total. The minimum atomic E-state index is 0.315. The second-order valence-corrected chi connectivity index (χ2v) is 5.68. The third kappa shape index (κ3) is 2.02. The third-order valence-corrected chi connectivity index (χ3v) is 3.90. The largest absolute Gasteiger partial charge is 0.365 e. The summed E-state index contributed by atoms with van der Waals surface area (Å²) >= 11 is 0. The molecule has 1 aliphatic rings. The van der Waals surface area contributed by atoms with Crippen LogP contribution in [0.4, 0.5) is 5.82 Å². The molecule has 1 saturated carbocycles. The first-order chi connectivity index (χ1) is 8.65. The Morgan fingerprint density at radius 2 is 2.22 bits per heavy atom. The van der Waals surface area contributed by atoms with Crippen LogP contribution >= 0.6 is 0 Å². The van der Waals surface area contributed by atoms with Crippen LogP contribution in [0.15, 0.2) is 12.1 Å². The average Bonchev–Trinajstić information content (AvgIpc) is 2.79. The van der Waals surface area contributed by atoms with Crippen LogP contribution in [0.1, 0.15) is 39.5 Å². The molecule has 1 aliphatic carbocycles. The molecule has 1 N–H and O–H groups in total. The van der Waals surface area contributed by atoms with Gasteiger partial charge in [-0.05, 0) is 40.8 Å². The van der Waals surface area contributed by atoms with Crippen molar-refractivity contribution in [2.75, 3.05) is 5.32 Å². The van der Waals surface area contributed by atoms with E-state index in [1.54, 1.807) is 0 Å². The lowest BCUT2D eigenvalue weighted by Crippen LogP contribution is -2.39. The Bertz CT molecular complexity index is 546. The molecule has 3 rings (SSSR count). The second-order valence-electron chi connectivity index (χ2n) is 5.68. The number of rotatable bonds is 2. The summed E-state index contributed by atoms with van der Waals surface area (Å²) in [6, 6.07) is 4.29.